The lowest BCUT2D eigenvalue weighted by Crippen LogP contribution is -2.54. The zero-order valence-electron chi connectivity index (χ0n) is 17.1. The molecule has 3 heterocycles. The molecule has 1 saturated carbocycles. The van der Waals surface area contributed by atoms with Crippen LogP contribution in [0.2, 0.25) is 0 Å². The molecule has 2 amide bonds. The fourth-order valence-electron chi connectivity index (χ4n) is 5.74. The minimum absolute atomic E-state index is 0.0191. The minimum atomic E-state index is -0.244. The number of carbonyl (C=O) groups excluding carboxylic acids is 2. The summed E-state index contributed by atoms with van der Waals surface area (Å²) in [4.78, 5) is 30.1. The first-order valence-electron chi connectivity index (χ1n) is 11.1. The molecule has 29 heavy (non-hydrogen) atoms. The Bertz CT molecular complexity index is 810. The van der Waals surface area contributed by atoms with Crippen LogP contribution >= 0.6 is 0 Å². The van der Waals surface area contributed by atoms with E-state index in [9.17, 15) is 9.59 Å². The van der Waals surface area contributed by atoms with Gasteiger partial charge in [0.15, 0.2) is 11.5 Å². The molecule has 0 spiro atoms. The van der Waals surface area contributed by atoms with E-state index in [0.717, 1.165) is 25.1 Å². The van der Waals surface area contributed by atoms with Gasteiger partial charge in [-0.15, -0.1) is 0 Å². The van der Waals surface area contributed by atoms with Crippen LogP contribution in [0.5, 0.6) is 11.5 Å². The Morgan fingerprint density at radius 1 is 1.07 bits per heavy atom. The Morgan fingerprint density at radius 3 is 2.72 bits per heavy atom. The summed E-state index contributed by atoms with van der Waals surface area (Å²) >= 11 is 0. The Hall–Kier alpha value is -2.24. The third kappa shape index (κ3) is 3.36. The molecule has 156 valence electrons. The average molecular weight is 399 g/mol. The number of anilines is 1. The monoisotopic (exact) mass is 398 g/mol. The van der Waals surface area contributed by atoms with Gasteiger partial charge in [0, 0.05) is 37.3 Å². The molecule has 0 aromatic heterocycles. The number of amides is 2. The highest BCUT2D eigenvalue weighted by Crippen LogP contribution is 2.41. The summed E-state index contributed by atoms with van der Waals surface area (Å²) in [5.74, 6) is 2.67. The van der Waals surface area contributed by atoms with Crippen molar-refractivity contribution in [1.82, 2.24) is 4.90 Å². The molecule has 1 aliphatic carbocycles. The number of hydrogen-bond acceptors (Lipinski definition) is 4. The van der Waals surface area contributed by atoms with Crippen molar-refractivity contribution in [2.24, 2.45) is 17.8 Å². The van der Waals surface area contributed by atoms with Gasteiger partial charge in [-0.25, -0.2) is 0 Å². The number of rotatable bonds is 2. The predicted molar refractivity (Wildman–Crippen MR) is 109 cm³/mol. The van der Waals surface area contributed by atoms with Crippen LogP contribution in [0.15, 0.2) is 18.2 Å². The summed E-state index contributed by atoms with van der Waals surface area (Å²) in [6.07, 6.45) is 6.24. The van der Waals surface area contributed by atoms with E-state index in [-0.39, 0.29) is 17.7 Å². The van der Waals surface area contributed by atoms with Crippen molar-refractivity contribution < 1.29 is 19.1 Å². The normalized spacial score (nSPS) is 31.6. The van der Waals surface area contributed by atoms with Gasteiger partial charge in [-0.1, -0.05) is 19.8 Å². The SMILES string of the molecule is CC1CCN(C(=O)C2CC(=O)N(c3ccc4c(c3)OCCO4)C2)C2CCCCC12. The zero-order valence-corrected chi connectivity index (χ0v) is 17.1. The van der Waals surface area contributed by atoms with Crippen LogP contribution in [-0.2, 0) is 9.59 Å². The highest BCUT2D eigenvalue weighted by Gasteiger charge is 2.44. The fourth-order valence-corrected chi connectivity index (χ4v) is 5.74. The van der Waals surface area contributed by atoms with Crippen LogP contribution in [0, 0.1) is 17.8 Å². The molecule has 4 aliphatic rings. The number of carbonyl (C=O) groups is 2. The first-order chi connectivity index (χ1) is 14.1. The Labute approximate surface area is 172 Å². The summed E-state index contributed by atoms with van der Waals surface area (Å²) in [6, 6.07) is 5.97. The summed E-state index contributed by atoms with van der Waals surface area (Å²) in [6.45, 7) is 4.70. The van der Waals surface area contributed by atoms with Crippen LogP contribution < -0.4 is 14.4 Å². The summed E-state index contributed by atoms with van der Waals surface area (Å²) in [5.41, 5.74) is 0.789. The second kappa shape index (κ2) is 7.54. The maximum atomic E-state index is 13.4. The van der Waals surface area contributed by atoms with Gasteiger partial charge in [0.1, 0.15) is 13.2 Å². The van der Waals surface area contributed by atoms with E-state index < -0.39 is 0 Å². The van der Waals surface area contributed by atoms with E-state index in [1.54, 1.807) is 4.90 Å². The van der Waals surface area contributed by atoms with Crippen LogP contribution in [0.3, 0.4) is 0 Å². The lowest BCUT2D eigenvalue weighted by Gasteiger charge is -2.48. The lowest BCUT2D eigenvalue weighted by molar-refractivity contribution is -0.143. The van der Waals surface area contributed by atoms with E-state index in [1.807, 2.05) is 18.2 Å². The molecule has 5 rings (SSSR count). The molecular formula is C23H30N2O4. The fraction of sp³-hybridized carbons (Fsp3) is 0.652. The third-order valence-electron chi connectivity index (χ3n) is 7.33. The smallest absolute Gasteiger partial charge is 0.228 e. The van der Waals surface area contributed by atoms with Gasteiger partial charge in [0.2, 0.25) is 11.8 Å². The maximum absolute atomic E-state index is 13.4. The Balaban J connectivity index is 1.31. The van der Waals surface area contributed by atoms with E-state index in [0.29, 0.717) is 55.6 Å². The first kappa shape index (κ1) is 18.8. The highest BCUT2D eigenvalue weighted by atomic mass is 16.6. The van der Waals surface area contributed by atoms with Gasteiger partial charge in [-0.05, 0) is 43.2 Å². The summed E-state index contributed by atoms with van der Waals surface area (Å²) in [5, 5.41) is 0. The molecule has 0 radical (unpaired) electrons. The number of fused-ring (bicyclic) bond motifs is 2. The quantitative estimate of drug-likeness (QED) is 0.767. The molecule has 6 nitrogen and oxygen atoms in total. The Kier molecular flexibility index (Phi) is 4.88. The highest BCUT2D eigenvalue weighted by molar-refractivity contribution is 6.00. The number of hydrogen-bond donors (Lipinski definition) is 0. The molecule has 0 bridgehead atoms. The largest absolute Gasteiger partial charge is 0.486 e. The molecule has 6 heteroatoms. The van der Waals surface area contributed by atoms with Gasteiger partial charge in [-0.2, -0.15) is 0 Å². The van der Waals surface area contributed by atoms with E-state index >= 15 is 0 Å². The molecule has 0 N–H and O–H groups in total. The molecule has 4 atom stereocenters. The number of benzene rings is 1. The van der Waals surface area contributed by atoms with Crippen molar-refractivity contribution in [3.05, 3.63) is 18.2 Å². The van der Waals surface area contributed by atoms with Crippen LogP contribution in [-0.4, -0.2) is 49.1 Å². The van der Waals surface area contributed by atoms with Crippen molar-refractivity contribution >= 4 is 17.5 Å². The van der Waals surface area contributed by atoms with Gasteiger partial charge < -0.3 is 19.3 Å². The predicted octanol–water partition coefficient (Wildman–Crippen LogP) is 3.24. The van der Waals surface area contributed by atoms with Crippen molar-refractivity contribution in [3.8, 4) is 11.5 Å². The summed E-state index contributed by atoms with van der Waals surface area (Å²) in [7, 11) is 0. The average Bonchev–Trinajstić information content (AvgIpc) is 3.15. The molecule has 4 unspecified atom stereocenters. The molecule has 3 aliphatic heterocycles. The van der Waals surface area contributed by atoms with E-state index in [1.165, 1.54) is 19.3 Å². The van der Waals surface area contributed by atoms with Crippen molar-refractivity contribution in [2.75, 3.05) is 31.2 Å². The van der Waals surface area contributed by atoms with Gasteiger partial charge in [-0.3, -0.25) is 9.59 Å². The first-order valence-corrected chi connectivity index (χ1v) is 11.1. The topological polar surface area (TPSA) is 59.1 Å². The number of piperidine rings is 1. The molecule has 1 aromatic rings. The van der Waals surface area contributed by atoms with Crippen molar-refractivity contribution in [3.63, 3.8) is 0 Å². The van der Waals surface area contributed by atoms with E-state index in [2.05, 4.69) is 11.8 Å². The van der Waals surface area contributed by atoms with Crippen LogP contribution in [0.4, 0.5) is 5.69 Å². The van der Waals surface area contributed by atoms with E-state index in [4.69, 9.17) is 9.47 Å². The van der Waals surface area contributed by atoms with Crippen LogP contribution in [0.25, 0.3) is 0 Å². The van der Waals surface area contributed by atoms with Crippen LogP contribution in [0.1, 0.15) is 45.4 Å². The third-order valence-corrected chi connectivity index (χ3v) is 7.33. The number of ether oxygens (including phenoxy) is 2. The minimum Gasteiger partial charge on any atom is -0.486 e. The molecule has 1 aromatic carbocycles. The van der Waals surface area contributed by atoms with Crippen molar-refractivity contribution in [1.29, 1.82) is 0 Å². The van der Waals surface area contributed by atoms with Crippen molar-refractivity contribution in [2.45, 2.75) is 51.5 Å². The zero-order chi connectivity index (χ0) is 20.0. The van der Waals surface area contributed by atoms with Gasteiger partial charge >= 0.3 is 0 Å². The molecule has 3 fully saturated rings. The number of nitrogens with zero attached hydrogens (tertiary/aromatic N) is 2. The summed E-state index contributed by atoms with van der Waals surface area (Å²) < 4.78 is 11.2. The Morgan fingerprint density at radius 2 is 1.86 bits per heavy atom. The molecule has 2 saturated heterocycles. The molecular weight excluding hydrogens is 368 g/mol. The maximum Gasteiger partial charge on any atom is 0.228 e. The lowest BCUT2D eigenvalue weighted by atomic mass is 9.72. The second-order valence-corrected chi connectivity index (χ2v) is 9.05. The number of likely N-dealkylation sites (tertiary alicyclic amines) is 1. The second-order valence-electron chi connectivity index (χ2n) is 9.05. The standard InChI is InChI=1S/C23H30N2O4/c1-15-8-9-24(19-5-3-2-4-18(15)19)23(27)16-12-22(26)25(14-16)17-6-7-20-21(13-17)29-11-10-28-20/h6-7,13,15-16,18-19H,2-5,8-12,14H2,1H3. The van der Waals surface area contributed by atoms with Gasteiger partial charge in [0.25, 0.3) is 0 Å². The van der Waals surface area contributed by atoms with Gasteiger partial charge in [0.05, 0.1) is 5.92 Å².